The Morgan fingerprint density at radius 3 is 2.52 bits per heavy atom. The van der Waals surface area contributed by atoms with Crippen molar-refractivity contribution in [1.82, 2.24) is 10.4 Å². The van der Waals surface area contributed by atoms with Gasteiger partial charge in [-0.05, 0) is 53.1 Å². The fourth-order valence-electron chi connectivity index (χ4n) is 5.34. The lowest BCUT2D eigenvalue weighted by Gasteiger charge is -2.35. The fraction of sp³-hybridized carbons (Fsp3) is 0.375. The summed E-state index contributed by atoms with van der Waals surface area (Å²) in [7, 11) is -3.82. The van der Waals surface area contributed by atoms with Gasteiger partial charge >= 0.3 is 0 Å². The number of benzene rings is 3. The molecule has 14 heteroatoms. The van der Waals surface area contributed by atoms with Crippen molar-refractivity contribution in [3.8, 4) is 5.75 Å². The van der Waals surface area contributed by atoms with Crippen LogP contribution in [0.25, 0.3) is 10.4 Å². The maximum Gasteiger partial charge on any atom is 0.266 e. The van der Waals surface area contributed by atoms with Gasteiger partial charge in [0, 0.05) is 43.0 Å². The summed E-state index contributed by atoms with van der Waals surface area (Å²) in [6, 6.07) is 22.1. The average Bonchev–Trinajstić information content (AvgIpc) is 3.49. The number of azide groups is 1. The molecule has 0 unspecified atom stereocenters. The summed E-state index contributed by atoms with van der Waals surface area (Å²) in [5, 5.41) is 14.5. The molecule has 0 radical (unpaired) electrons. The van der Waals surface area contributed by atoms with Crippen molar-refractivity contribution < 1.29 is 32.5 Å². The number of amides is 1. The number of sulfone groups is 1. The number of rotatable bonds is 14. The van der Waals surface area contributed by atoms with Crippen LogP contribution in [0.3, 0.4) is 0 Å². The molecule has 13 nitrogen and oxygen atoms in total. The van der Waals surface area contributed by atoms with Crippen molar-refractivity contribution >= 4 is 21.6 Å². The third-order valence-electron chi connectivity index (χ3n) is 7.80. The Bertz CT molecular complexity index is 1670. The van der Waals surface area contributed by atoms with E-state index in [9.17, 15) is 13.2 Å². The first-order valence-electron chi connectivity index (χ1n) is 15.0. The van der Waals surface area contributed by atoms with Crippen LogP contribution in [-0.4, -0.2) is 81.1 Å². The van der Waals surface area contributed by atoms with E-state index in [1.54, 1.807) is 71.7 Å². The second-order valence-corrected chi connectivity index (χ2v) is 12.9. The summed E-state index contributed by atoms with van der Waals surface area (Å²) in [4.78, 5) is 22.4. The minimum absolute atomic E-state index is 0.00871. The SMILES string of the molecule is [N-]=[N+]=NCc1ccccc1[C@@H]1OC(c2ccc(OCCCO)cc2)=N[C@]1(CCS(=O)(=O)c1ccccc1)C(=O)NN1CCOCC1. The predicted molar refractivity (Wildman–Crippen MR) is 170 cm³/mol. The van der Waals surface area contributed by atoms with Gasteiger partial charge in [-0.2, -0.15) is 0 Å². The van der Waals surface area contributed by atoms with Crippen LogP contribution in [-0.2, 0) is 30.7 Å². The molecule has 2 aliphatic rings. The van der Waals surface area contributed by atoms with E-state index in [-0.39, 0.29) is 36.1 Å². The van der Waals surface area contributed by atoms with Gasteiger partial charge < -0.3 is 19.3 Å². The molecule has 0 spiro atoms. The van der Waals surface area contributed by atoms with E-state index in [0.717, 1.165) is 0 Å². The third kappa shape index (κ3) is 7.66. The minimum Gasteiger partial charge on any atom is -0.494 e. The Balaban J connectivity index is 1.59. The number of morpholine rings is 1. The Morgan fingerprint density at radius 2 is 1.80 bits per heavy atom. The number of hydrogen-bond acceptors (Lipinski definition) is 10. The van der Waals surface area contributed by atoms with Gasteiger partial charge in [0.2, 0.25) is 5.90 Å². The van der Waals surface area contributed by atoms with Gasteiger partial charge in [-0.1, -0.05) is 47.6 Å². The van der Waals surface area contributed by atoms with Crippen molar-refractivity contribution in [1.29, 1.82) is 0 Å². The van der Waals surface area contributed by atoms with Crippen molar-refractivity contribution in [3.05, 3.63) is 106 Å². The quantitative estimate of drug-likeness (QED) is 0.115. The fourth-order valence-corrected chi connectivity index (χ4v) is 6.73. The van der Waals surface area contributed by atoms with Gasteiger partial charge in [0.25, 0.3) is 5.91 Å². The summed E-state index contributed by atoms with van der Waals surface area (Å²) in [5.74, 6) is -0.183. The first kappa shape index (κ1) is 32.9. The number of nitrogens with zero attached hydrogens (tertiary/aromatic N) is 5. The summed E-state index contributed by atoms with van der Waals surface area (Å²) in [6.45, 7) is 2.08. The van der Waals surface area contributed by atoms with Crippen LogP contribution in [0.1, 0.15) is 35.6 Å². The zero-order valence-electron chi connectivity index (χ0n) is 25.2. The predicted octanol–water partition coefficient (Wildman–Crippen LogP) is 3.74. The summed E-state index contributed by atoms with van der Waals surface area (Å²) < 4.78 is 44.8. The van der Waals surface area contributed by atoms with Gasteiger partial charge in [0.05, 0.1) is 37.0 Å². The monoisotopic (exact) mass is 648 g/mol. The number of hydrogen-bond donors (Lipinski definition) is 2. The topological polar surface area (TPSA) is 176 Å². The third-order valence-corrected chi connectivity index (χ3v) is 9.53. The van der Waals surface area contributed by atoms with Gasteiger partial charge in [0.1, 0.15) is 5.75 Å². The lowest BCUT2D eigenvalue weighted by molar-refractivity contribution is -0.136. The molecule has 2 aliphatic heterocycles. The number of carbonyl (C=O) groups is 1. The standard InChI is InChI=1S/C32H36N6O7S/c33-37-34-23-25-7-4-5-10-28(25)29-32(31(40)36-38-16-20-43-21-17-38,15-22-46(41,42)27-8-2-1-3-9-27)35-30(45-29)24-11-13-26(14-12-24)44-19-6-18-39/h1-5,7-14,29,39H,6,15-23H2,(H,36,40)/t29-,32-/m0/s1. The first-order valence-corrected chi connectivity index (χ1v) is 16.6. The minimum atomic E-state index is -3.82. The highest BCUT2D eigenvalue weighted by molar-refractivity contribution is 7.91. The van der Waals surface area contributed by atoms with E-state index >= 15 is 0 Å². The molecule has 2 N–H and O–H groups in total. The number of aliphatic hydroxyl groups is 1. The van der Waals surface area contributed by atoms with Crippen LogP contribution in [0.2, 0.25) is 0 Å². The maximum absolute atomic E-state index is 14.5. The number of nitrogens with one attached hydrogen (secondary N) is 1. The Kier molecular flexibility index (Phi) is 10.9. The summed E-state index contributed by atoms with van der Waals surface area (Å²) in [6.07, 6.45) is -0.770. The van der Waals surface area contributed by atoms with Gasteiger partial charge in [-0.3, -0.25) is 10.2 Å². The molecule has 1 amide bonds. The number of aliphatic imine (C=N–C) groups is 1. The van der Waals surface area contributed by atoms with E-state index in [0.29, 0.717) is 61.8 Å². The Hall–Kier alpha value is -4.46. The van der Waals surface area contributed by atoms with E-state index in [1.807, 2.05) is 0 Å². The number of aliphatic hydroxyl groups excluding tert-OH is 1. The molecule has 46 heavy (non-hydrogen) atoms. The lowest BCUT2D eigenvalue weighted by Crippen LogP contribution is -2.57. The van der Waals surface area contributed by atoms with Gasteiger partial charge in [-0.25, -0.2) is 18.4 Å². The molecule has 0 saturated carbocycles. The Morgan fingerprint density at radius 1 is 1.09 bits per heavy atom. The van der Waals surface area contributed by atoms with Gasteiger partial charge in [0.15, 0.2) is 21.5 Å². The number of hydrazine groups is 1. The molecule has 242 valence electrons. The molecule has 0 bridgehead atoms. The zero-order valence-corrected chi connectivity index (χ0v) is 26.0. The van der Waals surface area contributed by atoms with Crippen molar-refractivity contribution in [2.75, 3.05) is 45.3 Å². The van der Waals surface area contributed by atoms with Crippen molar-refractivity contribution in [2.45, 2.75) is 35.9 Å². The molecular weight excluding hydrogens is 612 g/mol. The van der Waals surface area contributed by atoms with E-state index in [1.165, 1.54) is 12.1 Å². The molecule has 3 aromatic rings. The molecule has 2 heterocycles. The zero-order chi connectivity index (χ0) is 32.4. The molecule has 1 saturated heterocycles. The Labute approximate surface area is 267 Å². The second-order valence-electron chi connectivity index (χ2n) is 10.8. The van der Waals surface area contributed by atoms with Gasteiger partial charge in [-0.15, -0.1) is 0 Å². The molecule has 5 rings (SSSR count). The highest BCUT2D eigenvalue weighted by Crippen LogP contribution is 2.44. The van der Waals surface area contributed by atoms with Crippen LogP contribution in [0.15, 0.2) is 93.9 Å². The van der Waals surface area contributed by atoms with E-state index < -0.39 is 27.4 Å². The van der Waals surface area contributed by atoms with Crippen LogP contribution >= 0.6 is 0 Å². The molecule has 3 aromatic carbocycles. The molecule has 0 aromatic heterocycles. The molecule has 1 fully saturated rings. The lowest BCUT2D eigenvalue weighted by atomic mass is 9.83. The van der Waals surface area contributed by atoms with E-state index in [4.69, 9.17) is 29.8 Å². The number of carbonyl (C=O) groups excluding carboxylic acids is 1. The van der Waals surface area contributed by atoms with Crippen LogP contribution in [0.5, 0.6) is 5.75 Å². The van der Waals surface area contributed by atoms with E-state index in [2.05, 4.69) is 15.5 Å². The molecule has 0 aliphatic carbocycles. The van der Waals surface area contributed by atoms with Crippen LogP contribution in [0.4, 0.5) is 0 Å². The van der Waals surface area contributed by atoms with Crippen molar-refractivity contribution in [2.24, 2.45) is 10.1 Å². The van der Waals surface area contributed by atoms with Crippen molar-refractivity contribution in [3.63, 3.8) is 0 Å². The highest BCUT2D eigenvalue weighted by atomic mass is 32.2. The van der Waals surface area contributed by atoms with Crippen LogP contribution in [0, 0.1) is 0 Å². The molecular formula is C32H36N6O7S. The summed E-state index contributed by atoms with van der Waals surface area (Å²) in [5.41, 5.74) is 12.0. The second kappa shape index (κ2) is 15.2. The normalized spacial score (nSPS) is 19.8. The highest BCUT2D eigenvalue weighted by Gasteiger charge is 2.54. The van der Waals surface area contributed by atoms with Crippen LogP contribution < -0.4 is 10.2 Å². The maximum atomic E-state index is 14.5. The average molecular weight is 649 g/mol. The largest absolute Gasteiger partial charge is 0.494 e. The number of ether oxygens (including phenoxy) is 3. The summed E-state index contributed by atoms with van der Waals surface area (Å²) >= 11 is 0. The first-order chi connectivity index (χ1) is 22.4. The smallest absolute Gasteiger partial charge is 0.266 e. The molecule has 2 atom stereocenters.